The summed E-state index contributed by atoms with van der Waals surface area (Å²) in [6.07, 6.45) is 1.11. The molecule has 0 fully saturated rings. The normalized spacial score (nSPS) is 10.7. The van der Waals surface area contributed by atoms with E-state index in [0.717, 1.165) is 12.0 Å². The molecule has 124 valence electrons. The van der Waals surface area contributed by atoms with Gasteiger partial charge >= 0.3 is 0 Å². The first-order valence-corrected chi connectivity index (χ1v) is 8.75. The van der Waals surface area contributed by atoms with Crippen LogP contribution in [0.2, 0.25) is 0 Å². The third-order valence-corrected chi connectivity index (χ3v) is 4.51. The fourth-order valence-corrected chi connectivity index (χ4v) is 3.25. The van der Waals surface area contributed by atoms with Crippen LogP contribution in [0, 0.1) is 32.6 Å². The highest BCUT2D eigenvalue weighted by Crippen LogP contribution is 2.37. The first-order valence-electron chi connectivity index (χ1n) is 8.75. The first kappa shape index (κ1) is 17.1. The third kappa shape index (κ3) is 4.01. The molecule has 0 aromatic heterocycles. The lowest BCUT2D eigenvalue weighted by Gasteiger charge is -2.01. The molecule has 0 spiro atoms. The van der Waals surface area contributed by atoms with Crippen LogP contribution >= 0.6 is 0 Å². The van der Waals surface area contributed by atoms with Gasteiger partial charge in [0, 0.05) is 5.56 Å². The van der Waals surface area contributed by atoms with E-state index < -0.39 is 0 Å². The fourth-order valence-electron chi connectivity index (χ4n) is 3.25. The molecule has 25 heavy (non-hydrogen) atoms. The van der Waals surface area contributed by atoms with Crippen molar-refractivity contribution < 1.29 is 0 Å². The molecular weight excluding hydrogens is 300 g/mol. The number of hydrogen-bond donors (Lipinski definition) is 0. The van der Waals surface area contributed by atoms with E-state index in [4.69, 9.17) is 0 Å². The van der Waals surface area contributed by atoms with Gasteiger partial charge < -0.3 is 0 Å². The van der Waals surface area contributed by atoms with Gasteiger partial charge in [-0.05, 0) is 68.5 Å². The molecule has 0 aliphatic heterocycles. The predicted octanol–water partition coefficient (Wildman–Crippen LogP) is 6.24. The molecule has 0 saturated carbocycles. The van der Waals surface area contributed by atoms with Crippen LogP contribution in [0.25, 0.3) is 11.1 Å². The maximum absolute atomic E-state index is 2.98. The van der Waals surface area contributed by atoms with E-state index in [1.807, 2.05) is 19.1 Å². The van der Waals surface area contributed by atoms with Gasteiger partial charge in [-0.1, -0.05) is 71.1 Å². The Morgan fingerprint density at radius 2 is 1.12 bits per heavy atom. The van der Waals surface area contributed by atoms with Crippen molar-refractivity contribution in [3.63, 3.8) is 0 Å². The summed E-state index contributed by atoms with van der Waals surface area (Å²) in [6.45, 7) is 8.24. The van der Waals surface area contributed by atoms with Crippen LogP contribution in [-0.2, 0) is 6.42 Å². The van der Waals surface area contributed by atoms with E-state index in [1.165, 1.54) is 38.9 Å². The number of hydrogen-bond acceptors (Lipinski definition) is 0. The van der Waals surface area contributed by atoms with E-state index in [9.17, 15) is 0 Å². The monoisotopic (exact) mass is 324 g/mol. The zero-order valence-electron chi connectivity index (χ0n) is 15.5. The Morgan fingerprint density at radius 3 is 1.60 bits per heavy atom. The zero-order chi connectivity index (χ0) is 17.8. The lowest BCUT2D eigenvalue weighted by molar-refractivity contribution is 1.24. The molecule has 0 nitrogen and oxygen atoms in total. The third-order valence-electron chi connectivity index (χ3n) is 4.51. The van der Waals surface area contributed by atoms with Gasteiger partial charge in [-0.3, -0.25) is 0 Å². The minimum atomic E-state index is 1.09. The maximum Gasteiger partial charge on any atom is 0.0245 e. The molecule has 3 aromatic rings. The van der Waals surface area contributed by atoms with Crippen molar-refractivity contribution in [1.29, 1.82) is 0 Å². The highest BCUT2D eigenvalue weighted by atomic mass is 14.2. The first-order chi connectivity index (χ1) is 12.1. The van der Waals surface area contributed by atoms with Crippen molar-refractivity contribution in [3.05, 3.63) is 94.0 Å². The van der Waals surface area contributed by atoms with Crippen molar-refractivity contribution in [2.24, 2.45) is 0 Å². The molecule has 0 heterocycles. The van der Waals surface area contributed by atoms with Gasteiger partial charge in [0.25, 0.3) is 0 Å². The minimum absolute atomic E-state index is 1.09. The molecule has 0 heteroatoms. The summed E-state index contributed by atoms with van der Waals surface area (Å²) in [6, 6.07) is 21.7. The summed E-state index contributed by atoms with van der Waals surface area (Å²) in [7, 11) is 0. The van der Waals surface area contributed by atoms with Gasteiger partial charge in [0.2, 0.25) is 0 Å². The van der Waals surface area contributed by atoms with Gasteiger partial charge in [-0.15, -0.1) is 5.92 Å². The highest BCUT2D eigenvalue weighted by Gasteiger charge is 2.17. The predicted molar refractivity (Wildman–Crippen MR) is 108 cm³/mol. The maximum atomic E-state index is 2.98. The van der Waals surface area contributed by atoms with Crippen LogP contribution < -0.4 is 0 Å². The van der Waals surface area contributed by atoms with Crippen LogP contribution in [0.5, 0.6) is 0 Å². The SMILES string of the molecule is CC#Cc1ccc(C)cc1.Cc1ccc2c(c1)Cc1cc(C)ccc1-2. The second-order valence-electron chi connectivity index (χ2n) is 6.74. The molecule has 3 aromatic carbocycles. The minimum Gasteiger partial charge on any atom is -0.101 e. The van der Waals surface area contributed by atoms with Crippen molar-refractivity contribution >= 4 is 0 Å². The van der Waals surface area contributed by atoms with Crippen LogP contribution in [0.15, 0.2) is 60.7 Å². The Hall–Kier alpha value is -2.78. The Morgan fingerprint density at radius 1 is 0.640 bits per heavy atom. The highest BCUT2D eigenvalue weighted by molar-refractivity contribution is 5.77. The van der Waals surface area contributed by atoms with Crippen LogP contribution in [0.1, 0.15) is 40.3 Å². The zero-order valence-corrected chi connectivity index (χ0v) is 15.5. The Labute approximate surface area is 151 Å². The molecule has 4 rings (SSSR count). The molecule has 0 N–H and O–H groups in total. The summed E-state index contributed by atoms with van der Waals surface area (Å²) in [5, 5.41) is 0. The average molecular weight is 324 g/mol. The fraction of sp³-hybridized carbons (Fsp3) is 0.200. The Kier molecular flexibility index (Phi) is 5.05. The lowest BCUT2D eigenvalue weighted by atomic mass is 10.0. The van der Waals surface area contributed by atoms with Gasteiger partial charge in [0.05, 0.1) is 0 Å². The smallest absolute Gasteiger partial charge is 0.0245 e. The number of rotatable bonds is 0. The molecular formula is C25H24. The molecule has 0 bridgehead atoms. The number of benzene rings is 3. The number of fused-ring (bicyclic) bond motifs is 3. The lowest BCUT2D eigenvalue weighted by Crippen LogP contribution is -1.81. The van der Waals surface area contributed by atoms with E-state index in [2.05, 4.69) is 81.1 Å². The quantitative estimate of drug-likeness (QED) is 0.336. The molecule has 0 saturated heterocycles. The van der Waals surface area contributed by atoms with Gasteiger partial charge in [0.1, 0.15) is 0 Å². The molecule has 0 atom stereocenters. The molecule has 0 amide bonds. The van der Waals surface area contributed by atoms with Gasteiger partial charge in [-0.2, -0.15) is 0 Å². The van der Waals surface area contributed by atoms with Crippen LogP contribution in [0.3, 0.4) is 0 Å². The Bertz CT molecular complexity index is 898. The van der Waals surface area contributed by atoms with E-state index >= 15 is 0 Å². The van der Waals surface area contributed by atoms with Crippen molar-refractivity contribution in [1.82, 2.24) is 0 Å². The second kappa shape index (κ2) is 7.41. The van der Waals surface area contributed by atoms with Crippen molar-refractivity contribution in [2.75, 3.05) is 0 Å². The molecule has 1 aliphatic carbocycles. The molecule has 0 radical (unpaired) electrons. The van der Waals surface area contributed by atoms with Crippen molar-refractivity contribution in [3.8, 4) is 23.0 Å². The van der Waals surface area contributed by atoms with E-state index in [-0.39, 0.29) is 0 Å². The summed E-state index contributed by atoms with van der Waals surface area (Å²) in [5.41, 5.74) is 10.9. The Balaban J connectivity index is 0.000000160. The second-order valence-corrected chi connectivity index (χ2v) is 6.74. The van der Waals surface area contributed by atoms with Crippen LogP contribution in [-0.4, -0.2) is 0 Å². The largest absolute Gasteiger partial charge is 0.101 e. The molecule has 0 unspecified atom stereocenters. The summed E-state index contributed by atoms with van der Waals surface area (Å²) >= 11 is 0. The van der Waals surface area contributed by atoms with Gasteiger partial charge in [0.15, 0.2) is 0 Å². The van der Waals surface area contributed by atoms with Gasteiger partial charge in [-0.25, -0.2) is 0 Å². The topological polar surface area (TPSA) is 0 Å². The summed E-state index contributed by atoms with van der Waals surface area (Å²) in [4.78, 5) is 0. The molecule has 1 aliphatic rings. The van der Waals surface area contributed by atoms with E-state index in [1.54, 1.807) is 0 Å². The summed E-state index contributed by atoms with van der Waals surface area (Å²) in [5.74, 6) is 5.84. The average Bonchev–Trinajstić information content (AvgIpc) is 2.94. The van der Waals surface area contributed by atoms with Crippen LogP contribution in [0.4, 0.5) is 0 Å². The summed E-state index contributed by atoms with van der Waals surface area (Å²) < 4.78 is 0. The van der Waals surface area contributed by atoms with E-state index in [0.29, 0.717) is 0 Å². The number of aryl methyl sites for hydroxylation is 3. The van der Waals surface area contributed by atoms with Crippen molar-refractivity contribution in [2.45, 2.75) is 34.1 Å². The standard InChI is InChI=1S/C15H14.C10H10/c1-10-3-5-14-12(7-10)9-13-8-11(2)4-6-15(13)14;1-3-4-10-7-5-9(2)6-8-10/h3-8H,9H2,1-2H3;5-8H,1-2H3.